The zero-order valence-electron chi connectivity index (χ0n) is 12.9. The summed E-state index contributed by atoms with van der Waals surface area (Å²) in [4.78, 5) is 15.6. The van der Waals surface area contributed by atoms with Crippen molar-refractivity contribution in [2.75, 3.05) is 0 Å². The number of rotatable bonds is 2. The molecule has 3 rings (SSSR count). The summed E-state index contributed by atoms with van der Waals surface area (Å²) in [5.41, 5.74) is 3.45. The predicted molar refractivity (Wildman–Crippen MR) is 86.3 cm³/mol. The lowest BCUT2D eigenvalue weighted by molar-refractivity contribution is 0.0696. The maximum absolute atomic E-state index is 11.1. The molecule has 4 nitrogen and oxygen atoms in total. The van der Waals surface area contributed by atoms with E-state index in [0.29, 0.717) is 0 Å². The van der Waals surface area contributed by atoms with Crippen molar-refractivity contribution in [3.05, 3.63) is 59.9 Å². The van der Waals surface area contributed by atoms with Crippen molar-refractivity contribution in [2.24, 2.45) is 0 Å². The Morgan fingerprint density at radius 2 is 1.77 bits per heavy atom. The summed E-state index contributed by atoms with van der Waals surface area (Å²) in [5, 5.41) is 9.14. The average Bonchev–Trinajstić information content (AvgIpc) is 2.89. The number of nitrogens with zero attached hydrogens (tertiary/aromatic N) is 2. The molecule has 0 bridgehead atoms. The molecule has 0 radical (unpaired) electrons. The molecular formula is C18H18N2O2. The molecule has 0 atom stereocenters. The highest BCUT2D eigenvalue weighted by atomic mass is 16.4. The van der Waals surface area contributed by atoms with Gasteiger partial charge in [0.1, 0.15) is 5.82 Å². The van der Waals surface area contributed by atoms with Crippen molar-refractivity contribution in [1.82, 2.24) is 9.38 Å². The van der Waals surface area contributed by atoms with E-state index in [1.54, 1.807) is 24.5 Å². The molecule has 0 saturated carbocycles. The first-order chi connectivity index (χ1) is 10.4. The molecule has 0 fully saturated rings. The lowest BCUT2D eigenvalue weighted by atomic mass is 9.87. The van der Waals surface area contributed by atoms with Gasteiger partial charge in [-0.1, -0.05) is 45.0 Å². The van der Waals surface area contributed by atoms with E-state index in [0.717, 1.165) is 16.9 Å². The third kappa shape index (κ3) is 2.48. The van der Waals surface area contributed by atoms with Crippen LogP contribution >= 0.6 is 0 Å². The summed E-state index contributed by atoms with van der Waals surface area (Å²) >= 11 is 0. The average molecular weight is 294 g/mol. The van der Waals surface area contributed by atoms with E-state index in [4.69, 9.17) is 5.11 Å². The van der Waals surface area contributed by atoms with Crippen molar-refractivity contribution >= 4 is 11.5 Å². The second-order valence-electron chi connectivity index (χ2n) is 6.43. The number of hydrogen-bond acceptors (Lipinski definition) is 2. The molecule has 0 aliphatic heterocycles. The third-order valence-corrected chi connectivity index (χ3v) is 3.78. The zero-order valence-corrected chi connectivity index (χ0v) is 12.9. The molecule has 0 unspecified atom stereocenters. The van der Waals surface area contributed by atoms with Gasteiger partial charge in [0.15, 0.2) is 0 Å². The van der Waals surface area contributed by atoms with Crippen LogP contribution in [0, 0.1) is 0 Å². The van der Waals surface area contributed by atoms with E-state index < -0.39 is 5.97 Å². The van der Waals surface area contributed by atoms with Gasteiger partial charge in [0.25, 0.3) is 0 Å². The molecule has 0 aliphatic carbocycles. The highest BCUT2D eigenvalue weighted by molar-refractivity contribution is 5.88. The van der Waals surface area contributed by atoms with Crippen LogP contribution in [0.4, 0.5) is 0 Å². The van der Waals surface area contributed by atoms with Crippen LogP contribution in [0.2, 0.25) is 0 Å². The lowest BCUT2D eigenvalue weighted by Crippen LogP contribution is -2.10. The maximum atomic E-state index is 11.1. The molecule has 1 aromatic carbocycles. The number of imidazole rings is 1. The molecule has 1 N–H and O–H groups in total. The summed E-state index contributed by atoms with van der Waals surface area (Å²) < 4.78 is 1.82. The summed E-state index contributed by atoms with van der Waals surface area (Å²) in [7, 11) is 0. The second kappa shape index (κ2) is 4.98. The van der Waals surface area contributed by atoms with Crippen molar-refractivity contribution in [3.63, 3.8) is 0 Å². The van der Waals surface area contributed by atoms with Crippen LogP contribution in [0.25, 0.3) is 16.9 Å². The fourth-order valence-corrected chi connectivity index (χ4v) is 2.45. The minimum Gasteiger partial charge on any atom is -0.478 e. The van der Waals surface area contributed by atoms with Crippen LogP contribution in [0.5, 0.6) is 0 Å². The van der Waals surface area contributed by atoms with Gasteiger partial charge in [-0.25, -0.2) is 9.78 Å². The second-order valence-corrected chi connectivity index (χ2v) is 6.43. The Bertz CT molecular complexity index is 840. The Kier molecular flexibility index (Phi) is 3.24. The Morgan fingerprint density at radius 1 is 1.09 bits per heavy atom. The Hall–Kier alpha value is -2.62. The first-order valence-corrected chi connectivity index (χ1v) is 7.17. The smallest absolute Gasteiger partial charge is 0.337 e. The van der Waals surface area contributed by atoms with Crippen LogP contribution in [-0.4, -0.2) is 20.5 Å². The molecule has 0 saturated heterocycles. The van der Waals surface area contributed by atoms with Gasteiger partial charge in [0, 0.05) is 11.8 Å². The molecule has 22 heavy (non-hydrogen) atoms. The number of hydrogen-bond donors (Lipinski definition) is 1. The standard InChI is InChI=1S/C18H18N2O2/c1-18(2,3)14-7-4-12(5-8-14)16-19-10-15-9-6-13(17(21)22)11-20(15)16/h4-11H,1-3H3,(H,21,22). The van der Waals surface area contributed by atoms with Crippen LogP contribution in [0.3, 0.4) is 0 Å². The largest absolute Gasteiger partial charge is 0.478 e. The first-order valence-electron chi connectivity index (χ1n) is 7.17. The molecule has 4 heteroatoms. The summed E-state index contributed by atoms with van der Waals surface area (Å²) in [5.74, 6) is -0.191. The minimum atomic E-state index is -0.940. The van der Waals surface area contributed by atoms with Gasteiger partial charge < -0.3 is 5.11 Å². The van der Waals surface area contributed by atoms with Crippen molar-refractivity contribution < 1.29 is 9.90 Å². The van der Waals surface area contributed by atoms with Gasteiger partial charge in [-0.15, -0.1) is 0 Å². The van der Waals surface area contributed by atoms with Crippen LogP contribution in [-0.2, 0) is 5.41 Å². The van der Waals surface area contributed by atoms with E-state index in [1.807, 2.05) is 16.5 Å². The molecule has 0 amide bonds. The van der Waals surface area contributed by atoms with Crippen LogP contribution in [0.1, 0.15) is 36.7 Å². The maximum Gasteiger partial charge on any atom is 0.337 e. The molecule has 2 aromatic heterocycles. The van der Waals surface area contributed by atoms with E-state index in [2.05, 4.69) is 37.9 Å². The minimum absolute atomic E-state index is 0.101. The fourth-order valence-electron chi connectivity index (χ4n) is 2.45. The van der Waals surface area contributed by atoms with Gasteiger partial charge in [0.05, 0.1) is 17.3 Å². The SMILES string of the molecule is CC(C)(C)c1ccc(-c2ncc3ccc(C(=O)O)cn23)cc1. The number of carbonyl (C=O) groups is 1. The normalized spacial score (nSPS) is 11.8. The van der Waals surface area contributed by atoms with Crippen molar-refractivity contribution in [1.29, 1.82) is 0 Å². The number of aromatic nitrogens is 2. The third-order valence-electron chi connectivity index (χ3n) is 3.78. The van der Waals surface area contributed by atoms with Crippen LogP contribution < -0.4 is 0 Å². The van der Waals surface area contributed by atoms with E-state index in [-0.39, 0.29) is 11.0 Å². The number of fused-ring (bicyclic) bond motifs is 1. The van der Waals surface area contributed by atoms with Crippen molar-refractivity contribution in [2.45, 2.75) is 26.2 Å². The number of aromatic carboxylic acids is 1. The number of carboxylic acids is 1. The van der Waals surface area contributed by atoms with E-state index in [9.17, 15) is 4.79 Å². The predicted octanol–water partition coefficient (Wildman–Crippen LogP) is 4.00. The van der Waals surface area contributed by atoms with E-state index >= 15 is 0 Å². The monoisotopic (exact) mass is 294 g/mol. The van der Waals surface area contributed by atoms with Gasteiger partial charge >= 0.3 is 5.97 Å². The molecule has 0 spiro atoms. The lowest BCUT2D eigenvalue weighted by Gasteiger charge is -2.19. The fraction of sp³-hybridized carbons (Fsp3) is 0.222. The summed E-state index contributed by atoms with van der Waals surface area (Å²) in [6.07, 6.45) is 3.36. The Morgan fingerprint density at radius 3 is 2.36 bits per heavy atom. The van der Waals surface area contributed by atoms with Crippen molar-refractivity contribution in [3.8, 4) is 11.4 Å². The van der Waals surface area contributed by atoms with Gasteiger partial charge in [-0.05, 0) is 23.1 Å². The topological polar surface area (TPSA) is 54.6 Å². The number of benzene rings is 1. The zero-order chi connectivity index (χ0) is 15.9. The van der Waals surface area contributed by atoms with Gasteiger partial charge in [-0.2, -0.15) is 0 Å². The Balaban J connectivity index is 2.10. The Labute approximate surface area is 129 Å². The molecule has 3 aromatic rings. The van der Waals surface area contributed by atoms with Crippen LogP contribution in [0.15, 0.2) is 48.8 Å². The van der Waals surface area contributed by atoms with E-state index in [1.165, 1.54) is 5.56 Å². The molecule has 2 heterocycles. The van der Waals surface area contributed by atoms with Gasteiger partial charge in [0.2, 0.25) is 0 Å². The summed E-state index contributed by atoms with van der Waals surface area (Å²) in [6, 6.07) is 11.6. The highest BCUT2D eigenvalue weighted by Gasteiger charge is 2.14. The quantitative estimate of drug-likeness (QED) is 0.777. The summed E-state index contributed by atoms with van der Waals surface area (Å²) in [6.45, 7) is 6.52. The first kappa shape index (κ1) is 14.3. The molecule has 0 aliphatic rings. The highest BCUT2D eigenvalue weighted by Crippen LogP contribution is 2.26. The number of carboxylic acid groups (broad SMARTS) is 1. The molecule has 112 valence electrons. The number of pyridine rings is 1. The molecular weight excluding hydrogens is 276 g/mol. The van der Waals surface area contributed by atoms with Gasteiger partial charge in [-0.3, -0.25) is 4.40 Å².